The summed E-state index contributed by atoms with van der Waals surface area (Å²) in [5, 5.41) is 2.90. The van der Waals surface area contributed by atoms with Crippen LogP contribution in [0.4, 0.5) is 18.9 Å². The zero-order valence-corrected chi connectivity index (χ0v) is 28.7. The molecule has 2 aromatic carbocycles. The molecule has 1 saturated carbocycles. The van der Waals surface area contributed by atoms with Gasteiger partial charge in [0, 0.05) is 36.7 Å². The Morgan fingerprint density at radius 3 is 2.09 bits per heavy atom. The molecule has 3 rings (SSSR count). The minimum Gasteiger partial charge on any atom is -0.497 e. The van der Waals surface area contributed by atoms with Gasteiger partial charge in [-0.1, -0.05) is 53.7 Å². The van der Waals surface area contributed by atoms with E-state index in [1.807, 2.05) is 0 Å². The van der Waals surface area contributed by atoms with Crippen molar-refractivity contribution in [1.82, 2.24) is 5.32 Å². The lowest BCUT2D eigenvalue weighted by Gasteiger charge is -2.46. The second-order valence-electron chi connectivity index (χ2n) is 12.8. The van der Waals surface area contributed by atoms with Crippen LogP contribution in [0.2, 0.25) is 16.6 Å². The highest BCUT2D eigenvalue weighted by atomic mass is 28.3. The molecule has 1 aliphatic rings. The maximum atomic E-state index is 14.7. The van der Waals surface area contributed by atoms with Gasteiger partial charge in [0.1, 0.15) is 31.8 Å². The Bertz CT molecular complexity index is 1390. The second kappa shape index (κ2) is 14.8. The van der Waals surface area contributed by atoms with Crippen molar-refractivity contribution in [1.29, 1.82) is 0 Å². The summed E-state index contributed by atoms with van der Waals surface area (Å²) >= 11 is 0. The van der Waals surface area contributed by atoms with Crippen molar-refractivity contribution >= 4 is 25.6 Å². The predicted molar refractivity (Wildman–Crippen MR) is 175 cm³/mol. The number of rotatable bonds is 11. The maximum Gasteiger partial charge on any atom is 0.303 e. The maximum absolute atomic E-state index is 14.7. The Hall–Kier alpha value is -3.45. The zero-order chi connectivity index (χ0) is 33.6. The largest absolute Gasteiger partial charge is 0.497 e. The van der Waals surface area contributed by atoms with Crippen LogP contribution < -0.4 is 19.7 Å². The highest BCUT2D eigenvalue weighted by Gasteiger charge is 2.53. The van der Waals surface area contributed by atoms with Crippen LogP contribution >= 0.6 is 0 Å². The molecule has 1 aliphatic carbocycles. The Kier molecular flexibility index (Phi) is 11.8. The fraction of sp³-hybridized carbons (Fsp3) is 0.543. The first-order chi connectivity index (χ1) is 21.2. The van der Waals surface area contributed by atoms with E-state index in [0.29, 0.717) is 22.6 Å². The topological polar surface area (TPSA) is 67.9 Å². The van der Waals surface area contributed by atoms with Gasteiger partial charge in [0.25, 0.3) is 0 Å². The van der Waals surface area contributed by atoms with Gasteiger partial charge in [-0.05, 0) is 65.2 Å². The van der Waals surface area contributed by atoms with Gasteiger partial charge in [-0.3, -0.25) is 14.5 Å². The number of nitrogens with one attached hydrogen (secondary N) is 1. The minimum absolute atomic E-state index is 0.0203. The van der Waals surface area contributed by atoms with Gasteiger partial charge in [0.15, 0.2) is 0 Å². The summed E-state index contributed by atoms with van der Waals surface area (Å²) in [6.07, 6.45) is -1.76. The summed E-state index contributed by atoms with van der Waals surface area (Å²) in [4.78, 5) is 29.9. The molecule has 2 amide bonds. The number of ether oxygens (including phenoxy) is 2. The van der Waals surface area contributed by atoms with Crippen molar-refractivity contribution in [2.75, 3.05) is 19.1 Å². The molecule has 0 unspecified atom stereocenters. The first-order valence-corrected chi connectivity index (χ1v) is 17.8. The van der Waals surface area contributed by atoms with Gasteiger partial charge in [-0.2, -0.15) is 0 Å². The molecule has 0 radical (unpaired) electrons. The van der Waals surface area contributed by atoms with E-state index in [2.05, 4.69) is 58.3 Å². The molecule has 0 saturated heterocycles. The summed E-state index contributed by atoms with van der Waals surface area (Å²) in [5.41, 5.74) is 3.65. The molecule has 0 aromatic heterocycles. The molecule has 0 atom stereocenters. The predicted octanol–water partition coefficient (Wildman–Crippen LogP) is 7.99. The minimum atomic E-state index is -2.99. The molecular formula is C35H47F3N2O4Si. The molecule has 10 heteroatoms. The molecule has 1 N–H and O–H groups in total. The van der Waals surface area contributed by atoms with E-state index >= 15 is 0 Å². The normalized spacial score (nSPS) is 15.8. The Labute approximate surface area is 267 Å². The molecule has 0 bridgehead atoms. The van der Waals surface area contributed by atoms with E-state index in [0.717, 1.165) is 0 Å². The van der Waals surface area contributed by atoms with Gasteiger partial charge in [-0.25, -0.2) is 13.2 Å². The Balaban J connectivity index is 2.17. The SMILES string of the molecule is COc1ccc(CNC(=O)C2(N(C(=O)C#C[Si](C(C)C)(C(C)C)C(C)C)c3cccc(CF)c3)CCC(F)(F)CC2)c(OC)c1. The first-order valence-electron chi connectivity index (χ1n) is 15.6. The molecule has 0 aliphatic heterocycles. The molecule has 1 fully saturated rings. The summed E-state index contributed by atoms with van der Waals surface area (Å²) in [7, 11) is 0.656. The monoisotopic (exact) mass is 644 g/mol. The van der Waals surface area contributed by atoms with Crippen molar-refractivity contribution in [3.05, 3.63) is 53.6 Å². The lowest BCUT2D eigenvalue weighted by Crippen LogP contribution is -2.63. The Morgan fingerprint density at radius 1 is 0.933 bits per heavy atom. The van der Waals surface area contributed by atoms with Crippen LogP contribution in [0.1, 0.15) is 78.4 Å². The van der Waals surface area contributed by atoms with E-state index in [9.17, 15) is 22.8 Å². The number of hydrogen-bond donors (Lipinski definition) is 1. The highest BCUT2D eigenvalue weighted by molar-refractivity contribution is 6.90. The number of methoxy groups -OCH3 is 2. The number of amides is 2. The fourth-order valence-electron chi connectivity index (χ4n) is 6.91. The molecule has 0 spiro atoms. The number of carbonyl (C=O) groups excluding carboxylic acids is 2. The third-order valence-electron chi connectivity index (χ3n) is 9.37. The summed E-state index contributed by atoms with van der Waals surface area (Å²) in [5.74, 6) is -0.277. The number of hydrogen-bond acceptors (Lipinski definition) is 4. The van der Waals surface area contributed by atoms with Gasteiger partial charge in [-0.15, -0.1) is 5.54 Å². The van der Waals surface area contributed by atoms with Crippen molar-refractivity contribution < 1.29 is 32.2 Å². The van der Waals surface area contributed by atoms with Gasteiger partial charge in [0.05, 0.1) is 14.2 Å². The number of carbonyl (C=O) groups is 2. The lowest BCUT2D eigenvalue weighted by atomic mass is 9.77. The molecule has 246 valence electrons. The summed E-state index contributed by atoms with van der Waals surface area (Å²) in [6, 6.07) is 11.4. The third kappa shape index (κ3) is 7.68. The molecule has 45 heavy (non-hydrogen) atoms. The van der Waals surface area contributed by atoms with E-state index in [4.69, 9.17) is 9.47 Å². The van der Waals surface area contributed by atoms with Crippen LogP contribution in [0.25, 0.3) is 0 Å². The van der Waals surface area contributed by atoms with Crippen LogP contribution in [0.3, 0.4) is 0 Å². The van der Waals surface area contributed by atoms with Gasteiger partial charge in [0.2, 0.25) is 11.8 Å². The van der Waals surface area contributed by atoms with Crippen molar-refractivity contribution in [2.45, 2.75) is 109 Å². The highest BCUT2D eigenvalue weighted by Crippen LogP contribution is 2.44. The lowest BCUT2D eigenvalue weighted by molar-refractivity contribution is -0.134. The van der Waals surface area contributed by atoms with E-state index < -0.39 is 50.9 Å². The third-order valence-corrected chi connectivity index (χ3v) is 15.7. The van der Waals surface area contributed by atoms with Crippen molar-refractivity contribution in [3.8, 4) is 23.0 Å². The molecule has 6 nitrogen and oxygen atoms in total. The van der Waals surface area contributed by atoms with Gasteiger partial charge < -0.3 is 14.8 Å². The quantitative estimate of drug-likeness (QED) is 0.199. The first kappa shape index (κ1) is 36.0. The van der Waals surface area contributed by atoms with Gasteiger partial charge >= 0.3 is 5.91 Å². The second-order valence-corrected chi connectivity index (χ2v) is 18.4. The van der Waals surface area contributed by atoms with Crippen LogP contribution in [-0.4, -0.2) is 45.6 Å². The van der Waals surface area contributed by atoms with Crippen LogP contribution in [-0.2, 0) is 22.8 Å². The number of nitrogens with zero attached hydrogens (tertiary/aromatic N) is 1. The van der Waals surface area contributed by atoms with Crippen LogP contribution in [0, 0.1) is 11.5 Å². The smallest absolute Gasteiger partial charge is 0.303 e. The Morgan fingerprint density at radius 2 is 1.56 bits per heavy atom. The van der Waals surface area contributed by atoms with Crippen LogP contribution in [0.15, 0.2) is 42.5 Å². The van der Waals surface area contributed by atoms with E-state index in [-0.39, 0.29) is 41.7 Å². The number of alkyl halides is 3. The van der Waals surface area contributed by atoms with Crippen molar-refractivity contribution in [2.24, 2.45) is 0 Å². The average molecular weight is 645 g/mol. The van der Waals surface area contributed by atoms with Crippen LogP contribution in [0.5, 0.6) is 11.5 Å². The average Bonchev–Trinajstić information content (AvgIpc) is 3.00. The van der Waals surface area contributed by atoms with E-state index in [1.54, 1.807) is 36.4 Å². The number of halogens is 3. The number of anilines is 1. The zero-order valence-electron chi connectivity index (χ0n) is 27.7. The summed E-state index contributed by atoms with van der Waals surface area (Å²) < 4.78 is 53.9. The summed E-state index contributed by atoms with van der Waals surface area (Å²) in [6.45, 7) is 12.0. The molecular weight excluding hydrogens is 597 g/mol. The molecule has 0 heterocycles. The molecule has 2 aromatic rings. The van der Waals surface area contributed by atoms with Crippen molar-refractivity contribution in [3.63, 3.8) is 0 Å². The standard InChI is InChI=1S/C35H47F3N2O4Si/c1-24(2)45(25(3)4,26(5)6)19-14-32(41)40(29-11-9-10-27(20-29)22-36)34(15-17-35(37,38)18-16-34)33(42)39-23-28-12-13-30(43-7)21-31(28)44-8/h9-13,20-21,24-26H,15-18,22-23H2,1-8H3,(H,39,42). The fourth-order valence-corrected chi connectivity index (χ4v) is 12.1. The van der Waals surface area contributed by atoms with E-state index in [1.165, 1.54) is 25.2 Å². The number of benzene rings is 2.